The Balaban J connectivity index is 1.97. The standard InChI is InChI=1S/C14H19N5O/c1-11-13(10-18-19(11)8-4-6-15)14(20)17-9-12-5-2-3-7-16-12/h2-3,5,7,10H,4,6,8-9,15H2,1H3,(H,17,20). The van der Waals surface area contributed by atoms with Gasteiger partial charge in [-0.25, -0.2) is 0 Å². The summed E-state index contributed by atoms with van der Waals surface area (Å²) in [5.41, 5.74) is 7.76. The van der Waals surface area contributed by atoms with Crippen molar-refractivity contribution in [3.8, 4) is 0 Å². The van der Waals surface area contributed by atoms with Crippen molar-refractivity contribution in [1.82, 2.24) is 20.1 Å². The summed E-state index contributed by atoms with van der Waals surface area (Å²) in [4.78, 5) is 16.3. The van der Waals surface area contributed by atoms with Crippen LogP contribution in [0.1, 0.15) is 28.2 Å². The molecule has 0 saturated heterocycles. The number of hydrogen-bond donors (Lipinski definition) is 2. The molecule has 2 aromatic rings. The summed E-state index contributed by atoms with van der Waals surface area (Å²) in [5.74, 6) is -0.132. The van der Waals surface area contributed by atoms with Crippen molar-refractivity contribution in [1.29, 1.82) is 0 Å². The molecule has 2 aromatic heterocycles. The second-order valence-electron chi connectivity index (χ2n) is 4.51. The van der Waals surface area contributed by atoms with Crippen LogP contribution in [-0.4, -0.2) is 27.2 Å². The van der Waals surface area contributed by atoms with E-state index in [1.54, 1.807) is 12.4 Å². The number of nitrogens with one attached hydrogen (secondary N) is 1. The SMILES string of the molecule is Cc1c(C(=O)NCc2ccccn2)cnn1CCCN. The number of nitrogens with two attached hydrogens (primary N) is 1. The molecular formula is C14H19N5O. The number of pyridine rings is 1. The summed E-state index contributed by atoms with van der Waals surface area (Å²) in [6.07, 6.45) is 4.15. The number of amides is 1. The Bertz CT molecular complexity index is 564. The largest absolute Gasteiger partial charge is 0.346 e. The van der Waals surface area contributed by atoms with Crippen molar-refractivity contribution >= 4 is 5.91 Å². The van der Waals surface area contributed by atoms with E-state index < -0.39 is 0 Å². The highest BCUT2D eigenvalue weighted by Gasteiger charge is 2.13. The second kappa shape index (κ2) is 6.81. The van der Waals surface area contributed by atoms with Crippen LogP contribution in [0, 0.1) is 6.92 Å². The fourth-order valence-electron chi connectivity index (χ4n) is 1.90. The number of carbonyl (C=O) groups is 1. The van der Waals surface area contributed by atoms with E-state index in [0.29, 0.717) is 18.7 Å². The molecule has 0 spiro atoms. The summed E-state index contributed by atoms with van der Waals surface area (Å²) in [6.45, 7) is 3.64. The molecule has 6 nitrogen and oxygen atoms in total. The Kier molecular flexibility index (Phi) is 4.84. The molecule has 0 bridgehead atoms. The van der Waals surface area contributed by atoms with Gasteiger partial charge in [0.2, 0.25) is 0 Å². The molecule has 0 unspecified atom stereocenters. The molecule has 1 amide bonds. The summed E-state index contributed by atoms with van der Waals surface area (Å²) < 4.78 is 1.81. The molecule has 106 valence electrons. The van der Waals surface area contributed by atoms with Crippen LogP contribution in [0.2, 0.25) is 0 Å². The molecule has 0 aromatic carbocycles. The van der Waals surface area contributed by atoms with Crippen LogP contribution in [0.4, 0.5) is 0 Å². The van der Waals surface area contributed by atoms with Crippen LogP contribution < -0.4 is 11.1 Å². The molecule has 6 heteroatoms. The molecular weight excluding hydrogens is 254 g/mol. The maximum absolute atomic E-state index is 12.1. The first kappa shape index (κ1) is 14.2. The first-order valence-corrected chi connectivity index (χ1v) is 6.63. The molecule has 0 aliphatic carbocycles. The first-order chi connectivity index (χ1) is 9.72. The Morgan fingerprint density at radius 3 is 3.00 bits per heavy atom. The predicted molar refractivity (Wildman–Crippen MR) is 76.0 cm³/mol. The van der Waals surface area contributed by atoms with Gasteiger partial charge in [-0.3, -0.25) is 14.5 Å². The Morgan fingerprint density at radius 2 is 2.30 bits per heavy atom. The van der Waals surface area contributed by atoms with Crippen molar-refractivity contribution in [2.24, 2.45) is 5.73 Å². The lowest BCUT2D eigenvalue weighted by molar-refractivity contribution is 0.0949. The average molecular weight is 273 g/mol. The topological polar surface area (TPSA) is 85.8 Å². The van der Waals surface area contributed by atoms with Crippen molar-refractivity contribution < 1.29 is 4.79 Å². The van der Waals surface area contributed by atoms with E-state index in [-0.39, 0.29) is 5.91 Å². The monoisotopic (exact) mass is 273 g/mol. The lowest BCUT2D eigenvalue weighted by atomic mass is 10.2. The van der Waals surface area contributed by atoms with Gasteiger partial charge in [-0.05, 0) is 32.0 Å². The number of hydrogen-bond acceptors (Lipinski definition) is 4. The normalized spacial score (nSPS) is 10.5. The number of aryl methyl sites for hydroxylation is 1. The molecule has 2 heterocycles. The zero-order valence-corrected chi connectivity index (χ0v) is 11.5. The number of aromatic nitrogens is 3. The quantitative estimate of drug-likeness (QED) is 0.817. The fraction of sp³-hybridized carbons (Fsp3) is 0.357. The third-order valence-electron chi connectivity index (χ3n) is 3.08. The number of carbonyl (C=O) groups excluding carboxylic acids is 1. The first-order valence-electron chi connectivity index (χ1n) is 6.63. The van der Waals surface area contributed by atoms with Gasteiger partial charge in [0.25, 0.3) is 5.91 Å². The highest BCUT2D eigenvalue weighted by Crippen LogP contribution is 2.08. The molecule has 0 saturated carbocycles. The van der Waals surface area contributed by atoms with E-state index in [1.165, 1.54) is 0 Å². The molecule has 20 heavy (non-hydrogen) atoms. The van der Waals surface area contributed by atoms with E-state index in [4.69, 9.17) is 5.73 Å². The zero-order chi connectivity index (χ0) is 14.4. The third kappa shape index (κ3) is 3.42. The minimum atomic E-state index is -0.132. The van der Waals surface area contributed by atoms with Crippen molar-refractivity contribution in [3.05, 3.63) is 47.5 Å². The highest BCUT2D eigenvalue weighted by molar-refractivity contribution is 5.94. The molecule has 0 fully saturated rings. The molecule has 0 radical (unpaired) electrons. The molecule has 2 rings (SSSR count). The summed E-state index contributed by atoms with van der Waals surface area (Å²) in [5, 5.41) is 7.06. The maximum atomic E-state index is 12.1. The zero-order valence-electron chi connectivity index (χ0n) is 11.5. The Hall–Kier alpha value is -2.21. The number of rotatable bonds is 6. The van der Waals surface area contributed by atoms with Gasteiger partial charge in [-0.1, -0.05) is 6.07 Å². The van der Waals surface area contributed by atoms with E-state index in [9.17, 15) is 4.79 Å². The fourth-order valence-corrected chi connectivity index (χ4v) is 1.90. The molecule has 0 aliphatic rings. The van der Waals surface area contributed by atoms with Crippen LogP contribution >= 0.6 is 0 Å². The lowest BCUT2D eigenvalue weighted by Crippen LogP contribution is -2.23. The van der Waals surface area contributed by atoms with E-state index in [0.717, 1.165) is 24.4 Å². The maximum Gasteiger partial charge on any atom is 0.255 e. The van der Waals surface area contributed by atoms with Gasteiger partial charge in [0.1, 0.15) is 0 Å². The second-order valence-corrected chi connectivity index (χ2v) is 4.51. The van der Waals surface area contributed by atoms with Gasteiger partial charge in [0, 0.05) is 18.4 Å². The van der Waals surface area contributed by atoms with Crippen molar-refractivity contribution in [2.45, 2.75) is 26.4 Å². The van der Waals surface area contributed by atoms with E-state index in [2.05, 4.69) is 15.4 Å². The average Bonchev–Trinajstić information content (AvgIpc) is 2.85. The Morgan fingerprint density at radius 1 is 1.45 bits per heavy atom. The van der Waals surface area contributed by atoms with Crippen LogP contribution in [0.5, 0.6) is 0 Å². The van der Waals surface area contributed by atoms with Crippen LogP contribution in [0.3, 0.4) is 0 Å². The van der Waals surface area contributed by atoms with E-state index >= 15 is 0 Å². The smallest absolute Gasteiger partial charge is 0.255 e. The minimum Gasteiger partial charge on any atom is -0.346 e. The van der Waals surface area contributed by atoms with Crippen molar-refractivity contribution in [3.63, 3.8) is 0 Å². The predicted octanol–water partition coefficient (Wildman–Crippen LogP) is 0.865. The van der Waals surface area contributed by atoms with Gasteiger partial charge >= 0.3 is 0 Å². The third-order valence-corrected chi connectivity index (χ3v) is 3.08. The highest BCUT2D eigenvalue weighted by atomic mass is 16.1. The van der Waals surface area contributed by atoms with Crippen LogP contribution in [0.15, 0.2) is 30.6 Å². The van der Waals surface area contributed by atoms with Gasteiger partial charge < -0.3 is 11.1 Å². The molecule has 3 N–H and O–H groups in total. The summed E-state index contributed by atoms with van der Waals surface area (Å²) in [7, 11) is 0. The number of nitrogens with zero attached hydrogens (tertiary/aromatic N) is 3. The van der Waals surface area contributed by atoms with E-state index in [1.807, 2.05) is 29.8 Å². The minimum absolute atomic E-state index is 0.132. The Labute approximate surface area is 118 Å². The van der Waals surface area contributed by atoms with Crippen LogP contribution in [-0.2, 0) is 13.1 Å². The van der Waals surface area contributed by atoms with Gasteiger partial charge in [0.05, 0.1) is 24.0 Å². The van der Waals surface area contributed by atoms with Gasteiger partial charge in [-0.15, -0.1) is 0 Å². The van der Waals surface area contributed by atoms with Crippen molar-refractivity contribution in [2.75, 3.05) is 6.54 Å². The van der Waals surface area contributed by atoms with Gasteiger partial charge in [0.15, 0.2) is 0 Å². The summed E-state index contributed by atoms with van der Waals surface area (Å²) in [6, 6.07) is 5.61. The summed E-state index contributed by atoms with van der Waals surface area (Å²) >= 11 is 0. The molecule has 0 atom stereocenters. The molecule has 0 aliphatic heterocycles. The van der Waals surface area contributed by atoms with Gasteiger partial charge in [-0.2, -0.15) is 5.10 Å². The lowest BCUT2D eigenvalue weighted by Gasteiger charge is -2.06. The van der Waals surface area contributed by atoms with Crippen LogP contribution in [0.25, 0.3) is 0 Å².